The lowest BCUT2D eigenvalue weighted by atomic mass is 10.2. The molecular formula is C14H24N4O3. The molecule has 1 aromatic rings. The monoisotopic (exact) mass is 296 g/mol. The van der Waals surface area contributed by atoms with Crippen molar-refractivity contribution < 1.29 is 14.3 Å². The summed E-state index contributed by atoms with van der Waals surface area (Å²) < 4.78 is 6.91. The van der Waals surface area contributed by atoms with E-state index in [4.69, 9.17) is 4.74 Å². The summed E-state index contributed by atoms with van der Waals surface area (Å²) in [4.78, 5) is 27.4. The van der Waals surface area contributed by atoms with E-state index in [1.807, 2.05) is 13.8 Å². The topological polar surface area (TPSA) is 85.3 Å². The van der Waals surface area contributed by atoms with Crippen LogP contribution < -0.4 is 10.6 Å². The van der Waals surface area contributed by atoms with Crippen molar-refractivity contribution in [3.05, 3.63) is 18.2 Å². The minimum absolute atomic E-state index is 0.0961. The van der Waals surface area contributed by atoms with Gasteiger partial charge < -0.3 is 19.9 Å². The number of nitrogens with one attached hydrogen (secondary N) is 2. The second-order valence-electron chi connectivity index (χ2n) is 5.77. The fourth-order valence-corrected chi connectivity index (χ4v) is 1.79. The van der Waals surface area contributed by atoms with Gasteiger partial charge in [0.2, 0.25) is 5.91 Å². The average molecular weight is 296 g/mol. The maximum absolute atomic E-state index is 11.8. The number of rotatable bonds is 5. The molecule has 0 spiro atoms. The number of alkyl carbamates (subject to hydrolysis) is 1. The third kappa shape index (κ3) is 5.85. The van der Waals surface area contributed by atoms with Crippen LogP contribution in [0.4, 0.5) is 4.79 Å². The van der Waals surface area contributed by atoms with Crippen molar-refractivity contribution in [2.24, 2.45) is 0 Å². The van der Waals surface area contributed by atoms with Crippen LogP contribution in [0.3, 0.4) is 0 Å². The molecule has 0 radical (unpaired) electrons. The second-order valence-corrected chi connectivity index (χ2v) is 5.77. The van der Waals surface area contributed by atoms with Crippen LogP contribution in [-0.4, -0.2) is 33.7 Å². The van der Waals surface area contributed by atoms with E-state index >= 15 is 0 Å². The van der Waals surface area contributed by atoms with Crippen LogP contribution in [0.2, 0.25) is 0 Å². The Morgan fingerprint density at radius 3 is 2.67 bits per heavy atom. The average Bonchev–Trinajstić information content (AvgIpc) is 2.74. The lowest BCUT2D eigenvalue weighted by molar-refractivity contribution is -0.121. The fraction of sp³-hybridized carbons (Fsp3) is 0.643. The molecule has 21 heavy (non-hydrogen) atoms. The van der Waals surface area contributed by atoms with E-state index in [2.05, 4.69) is 15.6 Å². The van der Waals surface area contributed by atoms with E-state index in [0.717, 1.165) is 5.69 Å². The van der Waals surface area contributed by atoms with Gasteiger partial charge in [0.25, 0.3) is 0 Å². The molecule has 1 aromatic heterocycles. The third-order valence-electron chi connectivity index (χ3n) is 2.61. The highest BCUT2D eigenvalue weighted by molar-refractivity contribution is 5.75. The smallest absolute Gasteiger partial charge is 0.408 e. The van der Waals surface area contributed by atoms with Gasteiger partial charge in [-0.15, -0.1) is 0 Å². The Morgan fingerprint density at radius 1 is 1.43 bits per heavy atom. The van der Waals surface area contributed by atoms with E-state index in [9.17, 15) is 9.59 Å². The Bertz CT molecular complexity index is 491. The van der Waals surface area contributed by atoms with Gasteiger partial charge in [-0.25, -0.2) is 9.78 Å². The van der Waals surface area contributed by atoms with Crippen molar-refractivity contribution in [2.75, 3.05) is 6.54 Å². The van der Waals surface area contributed by atoms with Crippen molar-refractivity contribution in [3.63, 3.8) is 0 Å². The lowest BCUT2D eigenvalue weighted by Gasteiger charge is -2.22. The Balaban J connectivity index is 2.67. The number of hydrogen-bond acceptors (Lipinski definition) is 4. The lowest BCUT2D eigenvalue weighted by Crippen LogP contribution is -2.35. The molecule has 0 unspecified atom stereocenters. The van der Waals surface area contributed by atoms with Crippen molar-refractivity contribution in [1.82, 2.24) is 20.2 Å². The van der Waals surface area contributed by atoms with Crippen LogP contribution in [0.15, 0.2) is 12.5 Å². The van der Waals surface area contributed by atoms with Gasteiger partial charge in [-0.3, -0.25) is 4.79 Å². The van der Waals surface area contributed by atoms with Gasteiger partial charge in [0, 0.05) is 6.54 Å². The Morgan fingerprint density at radius 2 is 2.10 bits per heavy atom. The number of likely N-dealkylation sites (N-methyl/N-ethyl adjacent to an activating group) is 1. The van der Waals surface area contributed by atoms with E-state index in [1.54, 1.807) is 37.9 Å². The predicted octanol–water partition coefficient (Wildman–Crippen LogP) is 1.60. The van der Waals surface area contributed by atoms with Crippen molar-refractivity contribution in [2.45, 2.75) is 52.8 Å². The van der Waals surface area contributed by atoms with Gasteiger partial charge >= 0.3 is 6.09 Å². The van der Waals surface area contributed by atoms with Gasteiger partial charge in [-0.05, 0) is 34.6 Å². The summed E-state index contributed by atoms with van der Waals surface area (Å²) in [7, 11) is 0. The number of carbonyl (C=O) groups is 2. The van der Waals surface area contributed by atoms with E-state index in [-0.39, 0.29) is 18.5 Å². The molecule has 0 saturated heterocycles. The number of nitrogens with zero attached hydrogens (tertiary/aromatic N) is 2. The van der Waals surface area contributed by atoms with Crippen LogP contribution in [0.1, 0.15) is 46.4 Å². The number of amides is 2. The van der Waals surface area contributed by atoms with Crippen molar-refractivity contribution >= 4 is 12.0 Å². The first kappa shape index (κ1) is 17.0. The summed E-state index contributed by atoms with van der Waals surface area (Å²) in [6.45, 7) is 9.83. The summed E-state index contributed by atoms with van der Waals surface area (Å²) in [5.41, 5.74) is 0.192. The molecule has 1 rings (SSSR count). The predicted molar refractivity (Wildman–Crippen MR) is 78.7 cm³/mol. The first-order valence-corrected chi connectivity index (χ1v) is 6.99. The van der Waals surface area contributed by atoms with Crippen LogP contribution >= 0.6 is 0 Å². The molecule has 118 valence electrons. The van der Waals surface area contributed by atoms with Gasteiger partial charge in [0.05, 0.1) is 24.3 Å². The minimum Gasteiger partial charge on any atom is -0.444 e. The summed E-state index contributed by atoms with van der Waals surface area (Å²) in [5.74, 6) is -0.0961. The number of imidazole rings is 1. The quantitative estimate of drug-likeness (QED) is 0.864. The summed E-state index contributed by atoms with van der Waals surface area (Å²) >= 11 is 0. The molecule has 1 atom stereocenters. The Labute approximate surface area is 125 Å². The maximum Gasteiger partial charge on any atom is 0.408 e. The molecule has 0 bridgehead atoms. The molecule has 7 heteroatoms. The Kier molecular flexibility index (Phi) is 5.75. The van der Waals surface area contributed by atoms with Crippen molar-refractivity contribution in [3.8, 4) is 0 Å². The summed E-state index contributed by atoms with van der Waals surface area (Å²) in [6.07, 6.45) is 2.69. The van der Waals surface area contributed by atoms with Crippen molar-refractivity contribution in [1.29, 1.82) is 0 Å². The first-order valence-electron chi connectivity index (χ1n) is 6.99. The van der Waals surface area contributed by atoms with Gasteiger partial charge in [0.1, 0.15) is 12.1 Å². The normalized spacial score (nSPS) is 12.6. The van der Waals surface area contributed by atoms with E-state index in [0.29, 0.717) is 6.54 Å². The number of ether oxygens (including phenoxy) is 1. The molecule has 2 amide bonds. The Hall–Kier alpha value is -2.05. The van der Waals surface area contributed by atoms with Crippen LogP contribution in [0.25, 0.3) is 0 Å². The number of aromatic nitrogens is 2. The molecule has 2 N–H and O–H groups in total. The maximum atomic E-state index is 11.8. The molecule has 0 aliphatic carbocycles. The standard InChI is InChI=1S/C14H24N4O3/c1-6-16-12(19)8-18-9-15-7-11(18)10(2)17-13(20)21-14(3,4)5/h7,9-10H,6,8H2,1-5H3,(H,16,19)(H,17,20)/t10-/m1/s1. The highest BCUT2D eigenvalue weighted by Crippen LogP contribution is 2.13. The third-order valence-corrected chi connectivity index (χ3v) is 2.61. The zero-order valence-corrected chi connectivity index (χ0v) is 13.3. The molecule has 0 saturated carbocycles. The largest absolute Gasteiger partial charge is 0.444 e. The molecule has 7 nitrogen and oxygen atoms in total. The molecule has 0 aliphatic rings. The van der Waals surface area contributed by atoms with E-state index < -0.39 is 11.7 Å². The zero-order chi connectivity index (χ0) is 16.0. The van der Waals surface area contributed by atoms with Gasteiger partial charge in [-0.2, -0.15) is 0 Å². The molecule has 0 fully saturated rings. The molecule has 1 heterocycles. The van der Waals surface area contributed by atoms with Crippen LogP contribution in [0, 0.1) is 0 Å². The van der Waals surface area contributed by atoms with Crippen LogP contribution in [0.5, 0.6) is 0 Å². The summed E-state index contributed by atoms with van der Waals surface area (Å²) in [5, 5.41) is 5.45. The highest BCUT2D eigenvalue weighted by Gasteiger charge is 2.20. The summed E-state index contributed by atoms with van der Waals surface area (Å²) in [6, 6.07) is -0.309. The molecule has 0 aliphatic heterocycles. The van der Waals surface area contributed by atoms with Gasteiger partial charge in [-0.1, -0.05) is 0 Å². The van der Waals surface area contributed by atoms with Gasteiger partial charge in [0.15, 0.2) is 0 Å². The molecular weight excluding hydrogens is 272 g/mol. The molecule has 0 aromatic carbocycles. The highest BCUT2D eigenvalue weighted by atomic mass is 16.6. The van der Waals surface area contributed by atoms with E-state index in [1.165, 1.54) is 0 Å². The van der Waals surface area contributed by atoms with Crippen LogP contribution in [-0.2, 0) is 16.1 Å². The number of carbonyl (C=O) groups excluding carboxylic acids is 2. The minimum atomic E-state index is -0.551. The first-order chi connectivity index (χ1) is 9.73. The second kappa shape index (κ2) is 7.10. The number of hydrogen-bond donors (Lipinski definition) is 2. The SMILES string of the molecule is CCNC(=O)Cn1cncc1[C@@H](C)NC(=O)OC(C)(C)C. The zero-order valence-electron chi connectivity index (χ0n) is 13.3. The fourth-order valence-electron chi connectivity index (χ4n) is 1.79.